The van der Waals surface area contributed by atoms with E-state index < -0.39 is 0 Å². The zero-order valence-corrected chi connectivity index (χ0v) is 15.0. The third kappa shape index (κ3) is 2.88. The molecule has 0 saturated carbocycles. The molecule has 0 aliphatic carbocycles. The Labute approximate surface area is 152 Å². The lowest BCUT2D eigenvalue weighted by atomic mass is 10.1. The number of nitrogens with zero attached hydrogens (tertiary/aromatic N) is 3. The fourth-order valence-electron chi connectivity index (χ4n) is 3.05. The third-order valence-electron chi connectivity index (χ3n) is 4.34. The number of hydrogen-bond donors (Lipinski definition) is 1. The number of imidazole rings is 1. The van der Waals surface area contributed by atoms with E-state index in [1.165, 1.54) is 5.56 Å². The summed E-state index contributed by atoms with van der Waals surface area (Å²) in [5, 5.41) is 3.53. The van der Waals surface area contributed by atoms with Crippen LogP contribution in [0, 0.1) is 13.8 Å². The maximum atomic E-state index is 5.38. The van der Waals surface area contributed by atoms with Gasteiger partial charge in [0.05, 0.1) is 12.8 Å². The number of methoxy groups -OCH3 is 1. The largest absolute Gasteiger partial charge is 0.497 e. The molecule has 2 heterocycles. The lowest BCUT2D eigenvalue weighted by molar-refractivity contribution is 0.415. The van der Waals surface area contributed by atoms with Gasteiger partial charge in [-0.2, -0.15) is 0 Å². The molecule has 0 bridgehead atoms. The van der Waals surface area contributed by atoms with Crippen molar-refractivity contribution in [2.75, 3.05) is 12.4 Å². The molecule has 2 aromatic heterocycles. The Kier molecular flexibility index (Phi) is 4.05. The first-order chi connectivity index (χ1) is 12.7. The molecule has 1 N–H and O–H groups in total. The van der Waals surface area contributed by atoms with Gasteiger partial charge in [0.1, 0.15) is 17.3 Å². The first kappa shape index (κ1) is 16.1. The molecule has 0 fully saturated rings. The molecule has 0 atom stereocenters. The van der Waals surface area contributed by atoms with Gasteiger partial charge < -0.3 is 10.1 Å². The zero-order valence-electron chi connectivity index (χ0n) is 15.0. The van der Waals surface area contributed by atoms with Gasteiger partial charge >= 0.3 is 0 Å². The van der Waals surface area contributed by atoms with Gasteiger partial charge in [-0.15, -0.1) is 0 Å². The summed E-state index contributed by atoms with van der Waals surface area (Å²) in [4.78, 5) is 9.23. The van der Waals surface area contributed by atoms with Crippen molar-refractivity contribution in [3.63, 3.8) is 0 Å². The lowest BCUT2D eigenvalue weighted by Crippen LogP contribution is -1.98. The SMILES string of the molecule is COc1cccc(-c2nc3c(C)nccn3c2Nc2cccc(C)c2)c1. The van der Waals surface area contributed by atoms with Crippen molar-refractivity contribution in [3.05, 3.63) is 72.2 Å². The molecular weight excluding hydrogens is 324 g/mol. The van der Waals surface area contributed by atoms with Crippen LogP contribution in [0.25, 0.3) is 16.9 Å². The molecule has 4 rings (SSSR count). The summed E-state index contributed by atoms with van der Waals surface area (Å²) in [7, 11) is 1.67. The second-order valence-electron chi connectivity index (χ2n) is 6.24. The molecule has 5 nitrogen and oxygen atoms in total. The molecule has 0 aliphatic heterocycles. The number of anilines is 2. The zero-order chi connectivity index (χ0) is 18.1. The first-order valence-corrected chi connectivity index (χ1v) is 8.47. The van der Waals surface area contributed by atoms with Gasteiger partial charge in [0.2, 0.25) is 0 Å². The minimum Gasteiger partial charge on any atom is -0.497 e. The molecule has 0 aliphatic rings. The van der Waals surface area contributed by atoms with E-state index in [9.17, 15) is 0 Å². The molecular formula is C21H20N4O. The molecule has 0 amide bonds. The van der Waals surface area contributed by atoms with Crippen LogP contribution in [0.1, 0.15) is 11.3 Å². The van der Waals surface area contributed by atoms with Crippen molar-refractivity contribution in [2.24, 2.45) is 0 Å². The molecule has 5 heteroatoms. The molecule has 0 radical (unpaired) electrons. The maximum Gasteiger partial charge on any atom is 0.160 e. The Bertz CT molecular complexity index is 1080. The van der Waals surface area contributed by atoms with Crippen LogP contribution in [0.4, 0.5) is 11.5 Å². The first-order valence-electron chi connectivity index (χ1n) is 8.47. The summed E-state index contributed by atoms with van der Waals surface area (Å²) < 4.78 is 7.42. The summed E-state index contributed by atoms with van der Waals surface area (Å²) in [6, 6.07) is 16.2. The van der Waals surface area contributed by atoms with Crippen LogP contribution in [0.3, 0.4) is 0 Å². The smallest absolute Gasteiger partial charge is 0.160 e. The summed E-state index contributed by atoms with van der Waals surface area (Å²) in [6.07, 6.45) is 3.72. The third-order valence-corrected chi connectivity index (χ3v) is 4.34. The minimum absolute atomic E-state index is 0.802. The molecule has 0 saturated heterocycles. The van der Waals surface area contributed by atoms with Gasteiger partial charge in [-0.3, -0.25) is 9.38 Å². The van der Waals surface area contributed by atoms with Gasteiger partial charge in [-0.1, -0.05) is 24.3 Å². The highest BCUT2D eigenvalue weighted by Crippen LogP contribution is 2.33. The number of hydrogen-bond acceptors (Lipinski definition) is 4. The predicted molar refractivity (Wildman–Crippen MR) is 104 cm³/mol. The summed E-state index contributed by atoms with van der Waals surface area (Å²) in [6.45, 7) is 4.05. The Morgan fingerprint density at radius 2 is 1.88 bits per heavy atom. The van der Waals surface area contributed by atoms with Crippen molar-refractivity contribution in [3.8, 4) is 17.0 Å². The Balaban J connectivity index is 1.92. The van der Waals surface area contributed by atoms with Crippen molar-refractivity contribution >= 4 is 17.2 Å². The monoisotopic (exact) mass is 344 g/mol. The summed E-state index contributed by atoms with van der Waals surface area (Å²) in [5.74, 6) is 1.71. The number of aryl methyl sites for hydroxylation is 2. The van der Waals surface area contributed by atoms with Gasteiger partial charge in [0.25, 0.3) is 0 Å². The van der Waals surface area contributed by atoms with Gasteiger partial charge in [0, 0.05) is 23.6 Å². The van der Waals surface area contributed by atoms with E-state index in [-0.39, 0.29) is 0 Å². The van der Waals surface area contributed by atoms with E-state index in [4.69, 9.17) is 9.72 Å². The summed E-state index contributed by atoms with van der Waals surface area (Å²) >= 11 is 0. The molecule has 0 spiro atoms. The number of rotatable bonds is 4. The van der Waals surface area contributed by atoms with E-state index in [0.717, 1.165) is 39.9 Å². The lowest BCUT2D eigenvalue weighted by Gasteiger charge is -2.10. The van der Waals surface area contributed by atoms with Crippen LogP contribution >= 0.6 is 0 Å². The predicted octanol–water partition coefficient (Wildman–Crippen LogP) is 4.77. The highest BCUT2D eigenvalue weighted by atomic mass is 16.5. The van der Waals surface area contributed by atoms with Crippen LogP contribution in [0.15, 0.2) is 60.9 Å². The van der Waals surface area contributed by atoms with Gasteiger partial charge in [0.15, 0.2) is 5.65 Å². The second-order valence-corrected chi connectivity index (χ2v) is 6.24. The van der Waals surface area contributed by atoms with Crippen LogP contribution in [0.2, 0.25) is 0 Å². The molecule has 4 aromatic rings. The van der Waals surface area contributed by atoms with Crippen LogP contribution < -0.4 is 10.1 Å². The number of benzene rings is 2. The minimum atomic E-state index is 0.802. The van der Waals surface area contributed by atoms with Crippen LogP contribution in [-0.4, -0.2) is 21.5 Å². The van der Waals surface area contributed by atoms with E-state index in [1.807, 2.05) is 47.9 Å². The Morgan fingerprint density at radius 1 is 1.04 bits per heavy atom. The Morgan fingerprint density at radius 3 is 2.69 bits per heavy atom. The van der Waals surface area contributed by atoms with E-state index >= 15 is 0 Å². The van der Waals surface area contributed by atoms with Crippen LogP contribution in [-0.2, 0) is 0 Å². The maximum absolute atomic E-state index is 5.38. The highest BCUT2D eigenvalue weighted by molar-refractivity contribution is 5.80. The quantitative estimate of drug-likeness (QED) is 0.580. The fourth-order valence-corrected chi connectivity index (χ4v) is 3.05. The number of nitrogens with one attached hydrogen (secondary N) is 1. The van der Waals surface area contributed by atoms with Crippen LogP contribution in [0.5, 0.6) is 5.75 Å². The van der Waals surface area contributed by atoms with Crippen molar-refractivity contribution in [1.29, 1.82) is 0 Å². The summed E-state index contributed by atoms with van der Waals surface area (Å²) in [5.41, 5.74) is 5.79. The average molecular weight is 344 g/mol. The number of aromatic nitrogens is 3. The average Bonchev–Trinajstić information content (AvgIpc) is 3.02. The molecule has 130 valence electrons. The molecule has 2 aromatic carbocycles. The highest BCUT2D eigenvalue weighted by Gasteiger charge is 2.16. The van der Waals surface area contributed by atoms with E-state index in [1.54, 1.807) is 13.3 Å². The van der Waals surface area contributed by atoms with E-state index in [0.29, 0.717) is 0 Å². The van der Waals surface area contributed by atoms with Crippen molar-refractivity contribution in [2.45, 2.75) is 13.8 Å². The van der Waals surface area contributed by atoms with Crippen molar-refractivity contribution < 1.29 is 4.74 Å². The number of ether oxygens (including phenoxy) is 1. The topological polar surface area (TPSA) is 51.5 Å². The Hall–Kier alpha value is -3.34. The second kappa shape index (κ2) is 6.52. The van der Waals surface area contributed by atoms with Gasteiger partial charge in [-0.05, 0) is 43.7 Å². The number of fused-ring (bicyclic) bond motifs is 1. The molecule has 26 heavy (non-hydrogen) atoms. The van der Waals surface area contributed by atoms with Gasteiger partial charge in [-0.25, -0.2) is 4.98 Å². The van der Waals surface area contributed by atoms with E-state index in [2.05, 4.69) is 35.4 Å². The standard InChI is InChI=1S/C21H20N4O/c1-14-6-4-8-17(12-14)23-21-19(16-7-5-9-18(13-16)26-3)24-20-15(2)22-10-11-25(20)21/h4-13,23H,1-3H3. The fraction of sp³-hybridized carbons (Fsp3) is 0.143. The normalized spacial score (nSPS) is 10.9. The van der Waals surface area contributed by atoms with Crippen molar-refractivity contribution in [1.82, 2.24) is 14.4 Å². The molecule has 0 unspecified atom stereocenters.